The average molecular weight is 258 g/mol. The van der Waals surface area contributed by atoms with Crippen molar-refractivity contribution >= 4 is 11.4 Å². The number of nitrogen functional groups attached to an aromatic ring is 1. The summed E-state index contributed by atoms with van der Waals surface area (Å²) >= 11 is 0. The minimum Gasteiger partial charge on any atom is -0.399 e. The highest BCUT2D eigenvalue weighted by Crippen LogP contribution is 2.35. The lowest BCUT2D eigenvalue weighted by Gasteiger charge is -2.36. The van der Waals surface area contributed by atoms with Crippen LogP contribution in [-0.4, -0.2) is 19.3 Å². The summed E-state index contributed by atoms with van der Waals surface area (Å²) < 4.78 is 38.3. The van der Waals surface area contributed by atoms with Gasteiger partial charge < -0.3 is 10.6 Å². The summed E-state index contributed by atoms with van der Waals surface area (Å²) in [5, 5.41) is 0. The molecule has 0 radical (unpaired) electrons. The molecular formula is C13H17F3N2. The molecule has 1 atom stereocenters. The van der Waals surface area contributed by atoms with Crippen LogP contribution in [0.15, 0.2) is 18.2 Å². The van der Waals surface area contributed by atoms with E-state index in [0.29, 0.717) is 18.7 Å². The second-order valence-electron chi connectivity index (χ2n) is 4.87. The molecule has 1 saturated heterocycles. The quantitative estimate of drug-likeness (QED) is 0.783. The van der Waals surface area contributed by atoms with E-state index in [1.807, 2.05) is 13.0 Å². The Balaban J connectivity index is 2.21. The number of nitrogens with zero attached hydrogens (tertiary/aromatic N) is 1. The SMILES string of the molecule is Cc1ccc(N)cc1N1CCCC(C(F)(F)F)C1. The number of rotatable bonds is 1. The Bertz CT molecular complexity index is 429. The fraction of sp³-hybridized carbons (Fsp3) is 0.538. The fourth-order valence-corrected chi connectivity index (χ4v) is 2.43. The maximum atomic E-state index is 12.8. The summed E-state index contributed by atoms with van der Waals surface area (Å²) in [4.78, 5) is 1.80. The number of hydrogen-bond donors (Lipinski definition) is 1. The molecule has 0 spiro atoms. The van der Waals surface area contributed by atoms with Gasteiger partial charge in [0.25, 0.3) is 0 Å². The van der Waals surface area contributed by atoms with Crippen molar-refractivity contribution in [3.8, 4) is 0 Å². The van der Waals surface area contributed by atoms with Crippen molar-refractivity contribution in [2.45, 2.75) is 25.9 Å². The molecule has 1 fully saturated rings. The van der Waals surface area contributed by atoms with Crippen LogP contribution in [0.4, 0.5) is 24.5 Å². The van der Waals surface area contributed by atoms with Crippen molar-refractivity contribution in [2.24, 2.45) is 5.92 Å². The number of nitrogens with two attached hydrogens (primary N) is 1. The number of alkyl halides is 3. The first-order valence-corrected chi connectivity index (χ1v) is 6.05. The Morgan fingerprint density at radius 2 is 2.06 bits per heavy atom. The lowest BCUT2D eigenvalue weighted by atomic mass is 9.96. The summed E-state index contributed by atoms with van der Waals surface area (Å²) in [6, 6.07) is 5.37. The molecule has 100 valence electrons. The van der Waals surface area contributed by atoms with E-state index in [1.54, 1.807) is 17.0 Å². The number of aryl methyl sites for hydroxylation is 1. The minimum atomic E-state index is -4.10. The van der Waals surface area contributed by atoms with E-state index < -0.39 is 12.1 Å². The minimum absolute atomic E-state index is 0.0355. The largest absolute Gasteiger partial charge is 0.399 e. The molecule has 0 saturated carbocycles. The molecule has 1 unspecified atom stereocenters. The molecule has 18 heavy (non-hydrogen) atoms. The molecule has 1 heterocycles. The van der Waals surface area contributed by atoms with Crippen LogP contribution in [0.5, 0.6) is 0 Å². The third kappa shape index (κ3) is 2.71. The number of benzene rings is 1. The van der Waals surface area contributed by atoms with E-state index in [-0.39, 0.29) is 13.0 Å². The number of hydrogen-bond acceptors (Lipinski definition) is 2. The van der Waals surface area contributed by atoms with Crippen LogP contribution in [0.1, 0.15) is 18.4 Å². The van der Waals surface area contributed by atoms with Crippen LogP contribution in [0.2, 0.25) is 0 Å². The molecule has 1 aliphatic rings. The van der Waals surface area contributed by atoms with Crippen molar-refractivity contribution in [3.63, 3.8) is 0 Å². The van der Waals surface area contributed by atoms with Gasteiger partial charge in [-0.25, -0.2) is 0 Å². The van der Waals surface area contributed by atoms with Gasteiger partial charge in [-0.05, 0) is 37.5 Å². The normalized spacial score (nSPS) is 21.1. The predicted octanol–water partition coefficient (Wildman–Crippen LogP) is 3.36. The average Bonchev–Trinajstić information content (AvgIpc) is 2.31. The van der Waals surface area contributed by atoms with Crippen LogP contribution in [0, 0.1) is 12.8 Å². The van der Waals surface area contributed by atoms with Gasteiger partial charge in [-0.3, -0.25) is 0 Å². The van der Waals surface area contributed by atoms with Gasteiger partial charge in [0.05, 0.1) is 5.92 Å². The van der Waals surface area contributed by atoms with Gasteiger partial charge in [0.15, 0.2) is 0 Å². The van der Waals surface area contributed by atoms with Crippen molar-refractivity contribution in [1.29, 1.82) is 0 Å². The van der Waals surface area contributed by atoms with Gasteiger partial charge >= 0.3 is 6.18 Å². The number of piperidine rings is 1. The maximum absolute atomic E-state index is 12.8. The molecule has 1 aromatic rings. The van der Waals surface area contributed by atoms with E-state index in [4.69, 9.17) is 5.73 Å². The number of halogens is 3. The molecule has 5 heteroatoms. The summed E-state index contributed by atoms with van der Waals surface area (Å²) in [6.07, 6.45) is -3.31. The van der Waals surface area contributed by atoms with Crippen LogP contribution in [0.25, 0.3) is 0 Å². The highest BCUT2D eigenvalue weighted by Gasteiger charge is 2.41. The molecule has 2 rings (SSSR count). The van der Waals surface area contributed by atoms with Crippen LogP contribution in [0.3, 0.4) is 0 Å². The van der Waals surface area contributed by atoms with Gasteiger partial charge in [-0.15, -0.1) is 0 Å². The smallest absolute Gasteiger partial charge is 0.393 e. The first-order chi connectivity index (χ1) is 8.38. The fourth-order valence-electron chi connectivity index (χ4n) is 2.43. The Morgan fingerprint density at radius 1 is 1.33 bits per heavy atom. The van der Waals surface area contributed by atoms with E-state index in [2.05, 4.69) is 0 Å². The van der Waals surface area contributed by atoms with Gasteiger partial charge in [-0.2, -0.15) is 13.2 Å². The Hall–Kier alpha value is -1.39. The van der Waals surface area contributed by atoms with Crippen molar-refractivity contribution in [1.82, 2.24) is 0 Å². The van der Waals surface area contributed by atoms with Crippen molar-refractivity contribution < 1.29 is 13.2 Å². The van der Waals surface area contributed by atoms with Crippen LogP contribution < -0.4 is 10.6 Å². The Labute approximate surface area is 105 Å². The second kappa shape index (κ2) is 4.71. The molecule has 2 N–H and O–H groups in total. The zero-order chi connectivity index (χ0) is 13.3. The van der Waals surface area contributed by atoms with Gasteiger partial charge in [0.1, 0.15) is 0 Å². The highest BCUT2D eigenvalue weighted by molar-refractivity contribution is 5.61. The molecule has 1 aliphatic heterocycles. The molecule has 1 aromatic carbocycles. The predicted molar refractivity (Wildman–Crippen MR) is 66.6 cm³/mol. The van der Waals surface area contributed by atoms with Gasteiger partial charge in [-0.1, -0.05) is 6.07 Å². The standard InChI is InChI=1S/C13H17F3N2/c1-9-4-5-11(17)7-12(9)18-6-2-3-10(8-18)13(14,15)16/h4-5,7,10H,2-3,6,8,17H2,1H3. The zero-order valence-corrected chi connectivity index (χ0v) is 10.3. The third-order valence-electron chi connectivity index (χ3n) is 3.46. The summed E-state index contributed by atoms with van der Waals surface area (Å²) in [5.41, 5.74) is 8.08. The maximum Gasteiger partial charge on any atom is 0.393 e. The van der Waals surface area contributed by atoms with Gasteiger partial charge in [0, 0.05) is 24.5 Å². The van der Waals surface area contributed by atoms with Crippen LogP contribution >= 0.6 is 0 Å². The molecule has 2 nitrogen and oxygen atoms in total. The van der Waals surface area contributed by atoms with Crippen molar-refractivity contribution in [3.05, 3.63) is 23.8 Å². The first kappa shape index (κ1) is 13.1. The topological polar surface area (TPSA) is 29.3 Å². The van der Waals surface area contributed by atoms with Gasteiger partial charge in [0.2, 0.25) is 0 Å². The molecule has 0 amide bonds. The van der Waals surface area contributed by atoms with Crippen molar-refractivity contribution in [2.75, 3.05) is 23.7 Å². The monoisotopic (exact) mass is 258 g/mol. The third-order valence-corrected chi connectivity index (χ3v) is 3.46. The molecular weight excluding hydrogens is 241 g/mol. The molecule has 0 aliphatic carbocycles. The summed E-state index contributed by atoms with van der Waals surface area (Å²) in [5.74, 6) is -1.23. The Kier molecular flexibility index (Phi) is 3.41. The number of anilines is 2. The van der Waals surface area contributed by atoms with Crippen LogP contribution in [-0.2, 0) is 0 Å². The molecule has 0 aromatic heterocycles. The highest BCUT2D eigenvalue weighted by atomic mass is 19.4. The van der Waals surface area contributed by atoms with E-state index >= 15 is 0 Å². The lowest BCUT2D eigenvalue weighted by molar-refractivity contribution is -0.175. The van der Waals surface area contributed by atoms with E-state index in [0.717, 1.165) is 11.3 Å². The lowest BCUT2D eigenvalue weighted by Crippen LogP contribution is -2.42. The first-order valence-electron chi connectivity index (χ1n) is 6.05. The summed E-state index contributed by atoms with van der Waals surface area (Å²) in [6.45, 7) is 2.59. The summed E-state index contributed by atoms with van der Waals surface area (Å²) in [7, 11) is 0. The second-order valence-corrected chi connectivity index (χ2v) is 4.87. The Morgan fingerprint density at radius 3 is 2.72 bits per heavy atom. The zero-order valence-electron chi connectivity index (χ0n) is 10.3. The van der Waals surface area contributed by atoms with E-state index in [1.165, 1.54) is 0 Å². The van der Waals surface area contributed by atoms with E-state index in [9.17, 15) is 13.2 Å². The molecule has 0 bridgehead atoms.